The Balaban J connectivity index is 4.38. The summed E-state index contributed by atoms with van der Waals surface area (Å²) in [6.45, 7) is 6.43. The highest BCUT2D eigenvalue weighted by Gasteiger charge is 2.19. The van der Waals surface area contributed by atoms with Crippen LogP contribution in [0, 0.1) is 0 Å². The summed E-state index contributed by atoms with van der Waals surface area (Å²) in [5, 5.41) is 0. The van der Waals surface area contributed by atoms with Gasteiger partial charge >= 0.3 is 17.9 Å². The van der Waals surface area contributed by atoms with Crippen molar-refractivity contribution in [2.45, 2.75) is 245 Å². The number of unbranched alkanes of at least 4 members (excludes halogenated alkanes) is 26. The average Bonchev–Trinajstić information content (AvgIpc) is 3.23. The van der Waals surface area contributed by atoms with Crippen LogP contribution in [0.1, 0.15) is 239 Å². The molecular weight excluding hydrogens is 733 g/mol. The Hall–Kier alpha value is -2.89. The zero-order valence-corrected chi connectivity index (χ0v) is 38.8. The van der Waals surface area contributed by atoms with Crippen LogP contribution in [0.4, 0.5) is 0 Å². The zero-order valence-electron chi connectivity index (χ0n) is 38.8. The van der Waals surface area contributed by atoms with Gasteiger partial charge in [0, 0.05) is 19.3 Å². The van der Waals surface area contributed by atoms with Crippen LogP contribution in [0.5, 0.6) is 0 Å². The fourth-order valence-corrected chi connectivity index (χ4v) is 6.85. The van der Waals surface area contributed by atoms with E-state index < -0.39 is 6.10 Å². The second kappa shape index (κ2) is 47.8. The fraction of sp³-hybridized carbons (Fsp3) is 0.755. The van der Waals surface area contributed by atoms with E-state index in [1.54, 1.807) is 0 Å². The molecule has 0 aliphatic heterocycles. The van der Waals surface area contributed by atoms with Gasteiger partial charge in [0.2, 0.25) is 0 Å². The van der Waals surface area contributed by atoms with Crippen LogP contribution in [0.2, 0.25) is 0 Å². The molecule has 340 valence electrons. The minimum absolute atomic E-state index is 0.0859. The standard InChI is InChI=1S/C53H92O6/c1-4-7-10-13-16-19-22-24-26-28-29-31-34-37-40-43-46-52(55)58-49-50(48-57-51(54)45-42-39-36-33-21-18-15-12-9-6-3)59-53(56)47-44-41-38-35-32-30-27-25-23-20-17-14-11-8-5-2/h8,11,14-15,17-18,20,23,25,27,50H,4-7,9-10,12-13,16,19,21-22,24,26,28-49H2,1-3H3/b11-8-,17-14-,18-15-,23-20-,27-25-. The minimum Gasteiger partial charge on any atom is -0.462 e. The largest absolute Gasteiger partial charge is 0.462 e. The average molecular weight is 825 g/mol. The molecule has 0 bridgehead atoms. The summed E-state index contributed by atoms with van der Waals surface area (Å²) in [6, 6.07) is 0. The van der Waals surface area contributed by atoms with E-state index in [2.05, 4.69) is 63.3 Å². The zero-order chi connectivity index (χ0) is 43.0. The first kappa shape index (κ1) is 56.1. The van der Waals surface area contributed by atoms with Crippen molar-refractivity contribution in [1.29, 1.82) is 0 Å². The molecule has 0 fully saturated rings. The Bertz CT molecular complexity index is 1090. The SMILES string of the molecule is CC\C=C/C=C\C=C/C=C\CCCCCCCC(=O)OC(COC(=O)CCCCCC/C=C\CCCC)COC(=O)CCCCCCCCCCCCCCCCCC. The van der Waals surface area contributed by atoms with Crippen molar-refractivity contribution in [3.8, 4) is 0 Å². The molecule has 6 nitrogen and oxygen atoms in total. The van der Waals surface area contributed by atoms with Crippen LogP contribution in [0.3, 0.4) is 0 Å². The predicted molar refractivity (Wildman–Crippen MR) is 251 cm³/mol. The van der Waals surface area contributed by atoms with Crippen molar-refractivity contribution >= 4 is 17.9 Å². The Labute approximate surface area is 364 Å². The highest BCUT2D eigenvalue weighted by molar-refractivity contribution is 5.71. The lowest BCUT2D eigenvalue weighted by Gasteiger charge is -2.18. The molecule has 0 saturated heterocycles. The number of hydrogen-bond donors (Lipinski definition) is 0. The van der Waals surface area contributed by atoms with E-state index in [-0.39, 0.29) is 31.1 Å². The molecule has 0 aromatic rings. The highest BCUT2D eigenvalue weighted by atomic mass is 16.6. The summed E-state index contributed by atoms with van der Waals surface area (Å²) in [4.78, 5) is 37.8. The molecule has 0 aromatic carbocycles. The van der Waals surface area contributed by atoms with Crippen molar-refractivity contribution in [2.24, 2.45) is 0 Å². The number of carbonyl (C=O) groups is 3. The molecule has 0 rings (SSSR count). The van der Waals surface area contributed by atoms with Gasteiger partial charge in [-0.05, 0) is 57.8 Å². The summed E-state index contributed by atoms with van der Waals surface area (Å²) >= 11 is 0. The summed E-state index contributed by atoms with van der Waals surface area (Å²) in [5.74, 6) is -0.921. The first-order valence-corrected chi connectivity index (χ1v) is 24.8. The monoisotopic (exact) mass is 825 g/mol. The molecule has 0 spiro atoms. The summed E-state index contributed by atoms with van der Waals surface area (Å²) in [5.41, 5.74) is 0. The summed E-state index contributed by atoms with van der Waals surface area (Å²) in [6.07, 6.45) is 57.7. The minimum atomic E-state index is -0.787. The van der Waals surface area contributed by atoms with Crippen LogP contribution in [0.25, 0.3) is 0 Å². The van der Waals surface area contributed by atoms with Crippen molar-refractivity contribution in [1.82, 2.24) is 0 Å². The maximum Gasteiger partial charge on any atom is 0.306 e. The first-order chi connectivity index (χ1) is 29.0. The normalized spacial score (nSPS) is 12.5. The van der Waals surface area contributed by atoms with Crippen LogP contribution in [-0.4, -0.2) is 37.2 Å². The second-order valence-corrected chi connectivity index (χ2v) is 16.4. The van der Waals surface area contributed by atoms with E-state index in [4.69, 9.17) is 14.2 Å². The van der Waals surface area contributed by atoms with Crippen LogP contribution >= 0.6 is 0 Å². The van der Waals surface area contributed by atoms with Crippen molar-refractivity contribution in [2.75, 3.05) is 13.2 Å². The second-order valence-electron chi connectivity index (χ2n) is 16.4. The molecule has 0 radical (unpaired) electrons. The molecule has 0 N–H and O–H groups in total. The van der Waals surface area contributed by atoms with Gasteiger partial charge in [-0.25, -0.2) is 0 Å². The van der Waals surface area contributed by atoms with E-state index in [1.807, 2.05) is 18.2 Å². The van der Waals surface area contributed by atoms with Crippen LogP contribution in [0.15, 0.2) is 60.8 Å². The lowest BCUT2D eigenvalue weighted by molar-refractivity contribution is -0.167. The third kappa shape index (κ3) is 46.0. The predicted octanol–water partition coefficient (Wildman–Crippen LogP) is 16.1. The van der Waals surface area contributed by atoms with Gasteiger partial charge in [-0.1, -0.05) is 223 Å². The van der Waals surface area contributed by atoms with Gasteiger partial charge in [0.25, 0.3) is 0 Å². The molecule has 0 heterocycles. The molecule has 6 heteroatoms. The number of hydrogen-bond acceptors (Lipinski definition) is 6. The fourth-order valence-electron chi connectivity index (χ4n) is 6.85. The number of esters is 3. The van der Waals surface area contributed by atoms with Gasteiger partial charge in [0.1, 0.15) is 13.2 Å². The maximum absolute atomic E-state index is 12.8. The van der Waals surface area contributed by atoms with Crippen molar-refractivity contribution in [3.63, 3.8) is 0 Å². The number of rotatable bonds is 44. The van der Waals surface area contributed by atoms with E-state index in [1.165, 1.54) is 96.3 Å². The van der Waals surface area contributed by atoms with Crippen LogP contribution in [-0.2, 0) is 28.6 Å². The summed E-state index contributed by atoms with van der Waals surface area (Å²) < 4.78 is 16.7. The van der Waals surface area contributed by atoms with E-state index in [9.17, 15) is 14.4 Å². The van der Waals surface area contributed by atoms with Crippen LogP contribution < -0.4 is 0 Å². The molecular formula is C53H92O6. The topological polar surface area (TPSA) is 78.9 Å². The van der Waals surface area contributed by atoms with E-state index in [0.717, 1.165) is 103 Å². The molecule has 59 heavy (non-hydrogen) atoms. The van der Waals surface area contributed by atoms with Gasteiger partial charge < -0.3 is 14.2 Å². The Kier molecular flexibility index (Phi) is 45.4. The number of allylic oxidation sites excluding steroid dienone is 10. The van der Waals surface area contributed by atoms with Gasteiger partial charge in [-0.2, -0.15) is 0 Å². The molecule has 0 aliphatic rings. The Morgan fingerprint density at radius 1 is 0.356 bits per heavy atom. The first-order valence-electron chi connectivity index (χ1n) is 24.8. The third-order valence-electron chi connectivity index (χ3n) is 10.6. The van der Waals surface area contributed by atoms with Gasteiger partial charge in [0.05, 0.1) is 0 Å². The van der Waals surface area contributed by atoms with Gasteiger partial charge in [0.15, 0.2) is 6.10 Å². The smallest absolute Gasteiger partial charge is 0.306 e. The van der Waals surface area contributed by atoms with Gasteiger partial charge in [-0.15, -0.1) is 0 Å². The Morgan fingerprint density at radius 3 is 1.14 bits per heavy atom. The third-order valence-corrected chi connectivity index (χ3v) is 10.6. The highest BCUT2D eigenvalue weighted by Crippen LogP contribution is 2.15. The van der Waals surface area contributed by atoms with E-state index in [0.29, 0.717) is 19.3 Å². The summed E-state index contributed by atoms with van der Waals surface area (Å²) in [7, 11) is 0. The molecule has 1 unspecified atom stereocenters. The lowest BCUT2D eigenvalue weighted by atomic mass is 10.0. The van der Waals surface area contributed by atoms with Crippen molar-refractivity contribution < 1.29 is 28.6 Å². The van der Waals surface area contributed by atoms with E-state index >= 15 is 0 Å². The number of ether oxygens (including phenoxy) is 3. The molecule has 0 aliphatic carbocycles. The molecule has 0 amide bonds. The number of carbonyl (C=O) groups excluding carboxylic acids is 3. The maximum atomic E-state index is 12.8. The van der Waals surface area contributed by atoms with Gasteiger partial charge in [-0.3, -0.25) is 14.4 Å². The molecule has 1 atom stereocenters. The quantitative estimate of drug-likeness (QED) is 0.0200. The Morgan fingerprint density at radius 2 is 0.695 bits per heavy atom. The lowest BCUT2D eigenvalue weighted by Crippen LogP contribution is -2.30. The van der Waals surface area contributed by atoms with Crippen molar-refractivity contribution in [3.05, 3.63) is 60.8 Å². The molecule has 0 saturated carbocycles. The molecule has 0 aromatic heterocycles.